The van der Waals surface area contributed by atoms with Gasteiger partial charge in [-0.15, -0.1) is 11.3 Å². The van der Waals surface area contributed by atoms with Crippen LogP contribution in [-0.4, -0.2) is 15.9 Å². The first kappa shape index (κ1) is 16.7. The number of carbonyl (C=O) groups is 1. The molecule has 4 rings (SSSR count). The molecular formula is C20H19N3O2S. The molecule has 1 N–H and O–H groups in total. The standard InChI is InChI=1S/C20H19N3O2S/c24-19(18-13-14-5-2-1-3-6-17(14)26-18)23-15-7-9-16(10-8-15)25-20-21-11-4-12-22-20/h4,7-13H,1-3,5-6H2,(H,23,24). The number of nitrogens with zero attached hydrogens (tertiary/aromatic N) is 2. The van der Waals surface area contributed by atoms with Crippen molar-refractivity contribution >= 4 is 22.9 Å². The van der Waals surface area contributed by atoms with Crippen LogP contribution in [0.2, 0.25) is 0 Å². The van der Waals surface area contributed by atoms with Gasteiger partial charge in [0, 0.05) is 23.0 Å². The summed E-state index contributed by atoms with van der Waals surface area (Å²) in [6, 6.07) is 11.3. The van der Waals surface area contributed by atoms with Gasteiger partial charge < -0.3 is 10.1 Å². The van der Waals surface area contributed by atoms with Crippen molar-refractivity contribution < 1.29 is 9.53 Å². The lowest BCUT2D eigenvalue weighted by Crippen LogP contribution is -2.10. The highest BCUT2D eigenvalue weighted by Gasteiger charge is 2.16. The maximum atomic E-state index is 12.5. The Morgan fingerprint density at radius 2 is 1.81 bits per heavy atom. The maximum Gasteiger partial charge on any atom is 0.321 e. The summed E-state index contributed by atoms with van der Waals surface area (Å²) in [4.78, 5) is 22.7. The number of carbonyl (C=O) groups excluding carboxylic acids is 1. The Kier molecular flexibility index (Phi) is 4.93. The van der Waals surface area contributed by atoms with E-state index in [0.29, 0.717) is 11.8 Å². The average Bonchev–Trinajstić information content (AvgIpc) is 2.95. The van der Waals surface area contributed by atoms with Crippen LogP contribution in [0.3, 0.4) is 0 Å². The highest BCUT2D eigenvalue weighted by Crippen LogP contribution is 2.29. The average molecular weight is 365 g/mol. The maximum absolute atomic E-state index is 12.5. The quantitative estimate of drug-likeness (QED) is 0.671. The van der Waals surface area contributed by atoms with Gasteiger partial charge in [0.2, 0.25) is 0 Å². The molecule has 1 aliphatic rings. The lowest BCUT2D eigenvalue weighted by Gasteiger charge is -2.06. The molecule has 0 saturated heterocycles. The van der Waals surface area contributed by atoms with Crippen molar-refractivity contribution in [3.8, 4) is 11.8 Å². The van der Waals surface area contributed by atoms with Crippen molar-refractivity contribution in [1.29, 1.82) is 0 Å². The third-order valence-electron chi connectivity index (χ3n) is 4.33. The molecule has 132 valence electrons. The predicted octanol–water partition coefficient (Wildman–Crippen LogP) is 4.85. The van der Waals surface area contributed by atoms with E-state index in [0.717, 1.165) is 23.4 Å². The van der Waals surface area contributed by atoms with Crippen molar-refractivity contribution in [3.63, 3.8) is 0 Å². The van der Waals surface area contributed by atoms with Gasteiger partial charge in [0.05, 0.1) is 4.88 Å². The normalized spacial score (nSPS) is 13.5. The fourth-order valence-corrected chi connectivity index (χ4v) is 4.17. The van der Waals surface area contributed by atoms with E-state index in [4.69, 9.17) is 4.74 Å². The second kappa shape index (κ2) is 7.66. The van der Waals surface area contributed by atoms with Gasteiger partial charge in [0.1, 0.15) is 5.75 Å². The summed E-state index contributed by atoms with van der Waals surface area (Å²) < 4.78 is 5.56. The zero-order chi connectivity index (χ0) is 17.8. The number of amides is 1. The number of ether oxygens (including phenoxy) is 1. The third kappa shape index (κ3) is 3.91. The molecule has 0 fully saturated rings. The number of hydrogen-bond acceptors (Lipinski definition) is 5. The minimum atomic E-state index is -0.0527. The molecule has 0 unspecified atom stereocenters. The van der Waals surface area contributed by atoms with Gasteiger partial charge in [0.25, 0.3) is 5.91 Å². The zero-order valence-corrected chi connectivity index (χ0v) is 15.1. The molecule has 0 spiro atoms. The lowest BCUT2D eigenvalue weighted by molar-refractivity contribution is 0.103. The van der Waals surface area contributed by atoms with Gasteiger partial charge in [0.15, 0.2) is 0 Å². The molecule has 0 atom stereocenters. The van der Waals surface area contributed by atoms with E-state index >= 15 is 0 Å². The number of fused-ring (bicyclic) bond motifs is 1. The second-order valence-electron chi connectivity index (χ2n) is 6.23. The smallest absolute Gasteiger partial charge is 0.321 e. The highest BCUT2D eigenvalue weighted by atomic mass is 32.1. The Balaban J connectivity index is 1.41. The van der Waals surface area contributed by atoms with Crippen molar-refractivity contribution in [2.75, 3.05) is 5.32 Å². The van der Waals surface area contributed by atoms with Crippen LogP contribution in [0.15, 0.2) is 48.8 Å². The van der Waals surface area contributed by atoms with E-state index in [2.05, 4.69) is 21.4 Å². The van der Waals surface area contributed by atoms with Gasteiger partial charge in [-0.2, -0.15) is 0 Å². The molecule has 5 nitrogen and oxygen atoms in total. The van der Waals surface area contributed by atoms with E-state index < -0.39 is 0 Å². The molecule has 1 aromatic carbocycles. The van der Waals surface area contributed by atoms with Crippen LogP contribution in [0.5, 0.6) is 11.8 Å². The summed E-state index contributed by atoms with van der Waals surface area (Å²) in [6.07, 6.45) is 9.16. The topological polar surface area (TPSA) is 64.1 Å². The first-order chi connectivity index (χ1) is 12.8. The molecule has 0 radical (unpaired) electrons. The van der Waals surface area contributed by atoms with Crippen LogP contribution in [0.25, 0.3) is 0 Å². The van der Waals surface area contributed by atoms with E-state index in [9.17, 15) is 4.79 Å². The number of nitrogens with one attached hydrogen (secondary N) is 1. The first-order valence-electron chi connectivity index (χ1n) is 8.76. The van der Waals surface area contributed by atoms with Crippen LogP contribution in [0, 0.1) is 0 Å². The molecule has 2 aromatic heterocycles. The van der Waals surface area contributed by atoms with Crippen LogP contribution >= 0.6 is 11.3 Å². The molecule has 0 bridgehead atoms. The summed E-state index contributed by atoms with van der Waals surface area (Å²) in [5.41, 5.74) is 2.09. The number of hydrogen-bond donors (Lipinski definition) is 1. The van der Waals surface area contributed by atoms with Gasteiger partial charge in [-0.05, 0) is 67.6 Å². The predicted molar refractivity (Wildman–Crippen MR) is 102 cm³/mol. The molecule has 0 saturated carbocycles. The van der Waals surface area contributed by atoms with E-state index in [-0.39, 0.29) is 5.91 Å². The summed E-state index contributed by atoms with van der Waals surface area (Å²) >= 11 is 1.63. The van der Waals surface area contributed by atoms with Crippen molar-refractivity contribution in [2.24, 2.45) is 0 Å². The molecule has 1 amide bonds. The Morgan fingerprint density at radius 1 is 1.04 bits per heavy atom. The molecule has 6 heteroatoms. The summed E-state index contributed by atoms with van der Waals surface area (Å²) in [7, 11) is 0. The van der Waals surface area contributed by atoms with Crippen molar-refractivity contribution in [1.82, 2.24) is 9.97 Å². The van der Waals surface area contributed by atoms with Crippen LogP contribution in [-0.2, 0) is 12.8 Å². The molecule has 1 aliphatic carbocycles. The van der Waals surface area contributed by atoms with Crippen LogP contribution < -0.4 is 10.1 Å². The zero-order valence-electron chi connectivity index (χ0n) is 14.3. The molecule has 2 heterocycles. The SMILES string of the molecule is O=C(Nc1ccc(Oc2ncccn2)cc1)c1cc2c(s1)CCCCC2. The summed E-state index contributed by atoms with van der Waals surface area (Å²) in [6.45, 7) is 0. The highest BCUT2D eigenvalue weighted by molar-refractivity contribution is 7.14. The number of aromatic nitrogens is 2. The van der Waals surface area contributed by atoms with E-state index in [1.807, 2.05) is 12.1 Å². The van der Waals surface area contributed by atoms with E-state index in [1.165, 1.54) is 29.7 Å². The fourth-order valence-electron chi connectivity index (χ4n) is 3.02. The fraction of sp³-hybridized carbons (Fsp3) is 0.250. The lowest BCUT2D eigenvalue weighted by atomic mass is 10.1. The second-order valence-corrected chi connectivity index (χ2v) is 7.37. The summed E-state index contributed by atoms with van der Waals surface area (Å²) in [5, 5.41) is 2.96. The van der Waals surface area contributed by atoms with Gasteiger partial charge in [-0.25, -0.2) is 9.97 Å². The monoisotopic (exact) mass is 365 g/mol. The number of anilines is 1. The minimum absolute atomic E-state index is 0.0527. The Morgan fingerprint density at radius 3 is 2.62 bits per heavy atom. The third-order valence-corrected chi connectivity index (χ3v) is 5.57. The van der Waals surface area contributed by atoms with Gasteiger partial charge in [-0.1, -0.05) is 6.42 Å². The Hall–Kier alpha value is -2.73. The number of thiophene rings is 1. The number of benzene rings is 1. The minimum Gasteiger partial charge on any atom is -0.424 e. The number of aryl methyl sites for hydroxylation is 2. The largest absolute Gasteiger partial charge is 0.424 e. The first-order valence-corrected chi connectivity index (χ1v) is 9.57. The Bertz CT molecular complexity index is 868. The van der Waals surface area contributed by atoms with Crippen LogP contribution in [0.4, 0.5) is 5.69 Å². The molecule has 26 heavy (non-hydrogen) atoms. The number of rotatable bonds is 4. The molecule has 3 aromatic rings. The molecular weight excluding hydrogens is 346 g/mol. The van der Waals surface area contributed by atoms with E-state index in [1.54, 1.807) is 41.9 Å². The van der Waals surface area contributed by atoms with Gasteiger partial charge >= 0.3 is 6.01 Å². The van der Waals surface area contributed by atoms with Crippen LogP contribution in [0.1, 0.15) is 39.4 Å². The Labute approximate surface area is 156 Å². The van der Waals surface area contributed by atoms with Gasteiger partial charge in [-0.3, -0.25) is 4.79 Å². The van der Waals surface area contributed by atoms with Crippen molar-refractivity contribution in [3.05, 3.63) is 64.1 Å². The summed E-state index contributed by atoms with van der Waals surface area (Å²) in [5.74, 6) is 0.570. The molecule has 0 aliphatic heterocycles. The van der Waals surface area contributed by atoms with Crippen molar-refractivity contribution in [2.45, 2.75) is 32.1 Å².